The first-order valence-electron chi connectivity index (χ1n) is 10.6. The highest BCUT2D eigenvalue weighted by Crippen LogP contribution is 2.21. The van der Waals surface area contributed by atoms with Crippen LogP contribution in [0.2, 0.25) is 0 Å². The van der Waals surface area contributed by atoms with Crippen molar-refractivity contribution in [2.75, 3.05) is 6.61 Å². The zero-order valence-electron chi connectivity index (χ0n) is 18.1. The molecule has 0 spiro atoms. The fourth-order valence-corrected chi connectivity index (χ4v) is 3.26. The number of ether oxygens (including phenoxy) is 1. The summed E-state index contributed by atoms with van der Waals surface area (Å²) in [6, 6.07) is 15.0. The molecule has 2 atom stereocenters. The summed E-state index contributed by atoms with van der Waals surface area (Å²) in [5.41, 5.74) is 1.42. The molecule has 2 aromatic carbocycles. The number of amides is 1. The van der Waals surface area contributed by atoms with Gasteiger partial charge in [-0.15, -0.1) is 0 Å². The smallest absolute Gasteiger partial charge is 0.287 e. The van der Waals surface area contributed by atoms with Crippen LogP contribution in [0.5, 0.6) is 5.75 Å². The number of furan rings is 1. The van der Waals surface area contributed by atoms with Gasteiger partial charge >= 0.3 is 0 Å². The van der Waals surface area contributed by atoms with Gasteiger partial charge in [0.2, 0.25) is 0 Å². The first-order chi connectivity index (χ1) is 15.9. The third-order valence-electron chi connectivity index (χ3n) is 5.07. The van der Waals surface area contributed by atoms with Crippen LogP contribution < -0.4 is 10.1 Å². The Morgan fingerprint density at radius 3 is 2.42 bits per heavy atom. The Labute approximate surface area is 190 Å². The van der Waals surface area contributed by atoms with Crippen LogP contribution in [0.4, 0.5) is 5.69 Å². The standard InChI is InChI=1S/C24H26N2O7/c1-2-3-16-4-10-19(11-5-16)32-15-20-12-13-22(33-20)24(29)25-21(14-27)23(28)17-6-8-18(9-7-17)26(30)31/h4-13,21,23,27-28H,2-3,14-15H2,1H3,(H,25,29). The molecular weight excluding hydrogens is 428 g/mol. The first-order valence-corrected chi connectivity index (χ1v) is 10.6. The van der Waals surface area contributed by atoms with E-state index in [9.17, 15) is 25.1 Å². The Balaban J connectivity index is 1.57. The zero-order chi connectivity index (χ0) is 23.8. The number of hydrogen-bond acceptors (Lipinski definition) is 7. The van der Waals surface area contributed by atoms with Gasteiger partial charge in [-0.2, -0.15) is 0 Å². The van der Waals surface area contributed by atoms with Gasteiger partial charge in [-0.25, -0.2) is 0 Å². The second-order valence-electron chi connectivity index (χ2n) is 7.50. The SMILES string of the molecule is CCCc1ccc(OCc2ccc(C(=O)NC(CO)C(O)c3ccc([N+](=O)[O-])cc3)o2)cc1. The van der Waals surface area contributed by atoms with Crippen molar-refractivity contribution in [2.24, 2.45) is 0 Å². The molecule has 174 valence electrons. The van der Waals surface area contributed by atoms with Gasteiger partial charge in [0.1, 0.15) is 24.2 Å². The fraction of sp³-hybridized carbons (Fsp3) is 0.292. The van der Waals surface area contributed by atoms with Crippen molar-refractivity contribution >= 4 is 11.6 Å². The summed E-state index contributed by atoms with van der Waals surface area (Å²) in [5, 5.41) is 33.4. The third kappa shape index (κ3) is 6.41. The summed E-state index contributed by atoms with van der Waals surface area (Å²) in [5.74, 6) is 0.504. The van der Waals surface area contributed by atoms with Crippen molar-refractivity contribution in [3.8, 4) is 5.75 Å². The van der Waals surface area contributed by atoms with E-state index in [1.807, 2.05) is 24.3 Å². The van der Waals surface area contributed by atoms with Gasteiger partial charge in [0, 0.05) is 12.1 Å². The molecule has 0 radical (unpaired) electrons. The highest BCUT2D eigenvalue weighted by Gasteiger charge is 2.24. The van der Waals surface area contributed by atoms with Crippen LogP contribution in [0, 0.1) is 10.1 Å². The second-order valence-corrected chi connectivity index (χ2v) is 7.50. The van der Waals surface area contributed by atoms with Crippen LogP contribution in [0.1, 0.15) is 46.9 Å². The summed E-state index contributed by atoms with van der Waals surface area (Å²) in [6.07, 6.45) is 0.803. The lowest BCUT2D eigenvalue weighted by Gasteiger charge is -2.22. The number of carbonyl (C=O) groups is 1. The van der Waals surface area contributed by atoms with Crippen LogP contribution in [-0.2, 0) is 13.0 Å². The molecule has 0 bridgehead atoms. The Kier molecular flexibility index (Phi) is 8.17. The lowest BCUT2D eigenvalue weighted by molar-refractivity contribution is -0.384. The maximum absolute atomic E-state index is 12.5. The summed E-state index contributed by atoms with van der Waals surface area (Å²) in [4.78, 5) is 22.7. The van der Waals surface area contributed by atoms with E-state index in [1.54, 1.807) is 6.07 Å². The molecule has 0 fully saturated rings. The summed E-state index contributed by atoms with van der Waals surface area (Å²) < 4.78 is 11.2. The van der Waals surface area contributed by atoms with E-state index in [2.05, 4.69) is 12.2 Å². The van der Waals surface area contributed by atoms with Crippen molar-refractivity contribution in [3.63, 3.8) is 0 Å². The topological polar surface area (TPSA) is 135 Å². The molecule has 9 heteroatoms. The van der Waals surface area contributed by atoms with Crippen molar-refractivity contribution in [2.45, 2.75) is 38.5 Å². The maximum atomic E-state index is 12.5. The first kappa shape index (κ1) is 24.0. The van der Waals surface area contributed by atoms with Gasteiger partial charge in [0.05, 0.1) is 17.6 Å². The Morgan fingerprint density at radius 2 is 1.82 bits per heavy atom. The molecule has 0 aliphatic heterocycles. The molecule has 1 heterocycles. The normalized spacial score (nSPS) is 12.7. The van der Waals surface area contributed by atoms with Gasteiger partial charge in [0.15, 0.2) is 5.76 Å². The fourth-order valence-electron chi connectivity index (χ4n) is 3.26. The molecule has 0 saturated heterocycles. The Hall–Kier alpha value is -3.69. The van der Waals surface area contributed by atoms with E-state index >= 15 is 0 Å². The van der Waals surface area contributed by atoms with E-state index in [0.717, 1.165) is 12.8 Å². The molecule has 3 N–H and O–H groups in total. The number of aliphatic hydroxyl groups is 2. The highest BCUT2D eigenvalue weighted by molar-refractivity contribution is 5.91. The molecule has 0 aliphatic rings. The molecule has 1 aromatic heterocycles. The van der Waals surface area contributed by atoms with E-state index in [-0.39, 0.29) is 18.1 Å². The van der Waals surface area contributed by atoms with E-state index in [0.29, 0.717) is 17.1 Å². The lowest BCUT2D eigenvalue weighted by atomic mass is 10.0. The number of nitro benzene ring substituents is 1. The number of nitrogens with one attached hydrogen (secondary N) is 1. The monoisotopic (exact) mass is 454 g/mol. The number of nitro groups is 1. The Bertz CT molecular complexity index is 1060. The van der Waals surface area contributed by atoms with Crippen LogP contribution in [0.25, 0.3) is 0 Å². The van der Waals surface area contributed by atoms with Crippen molar-refractivity contribution < 1.29 is 29.1 Å². The summed E-state index contributed by atoms with van der Waals surface area (Å²) in [6.45, 7) is 1.71. The average Bonchev–Trinajstić information content (AvgIpc) is 3.31. The van der Waals surface area contributed by atoms with Crippen LogP contribution in [-0.4, -0.2) is 33.7 Å². The predicted octanol–water partition coefficient (Wildman–Crippen LogP) is 3.54. The van der Waals surface area contributed by atoms with Gasteiger partial charge in [-0.3, -0.25) is 14.9 Å². The summed E-state index contributed by atoms with van der Waals surface area (Å²) >= 11 is 0. The number of benzene rings is 2. The minimum Gasteiger partial charge on any atom is -0.486 e. The Morgan fingerprint density at radius 1 is 1.12 bits per heavy atom. The van der Waals surface area contributed by atoms with E-state index in [4.69, 9.17) is 9.15 Å². The largest absolute Gasteiger partial charge is 0.486 e. The lowest BCUT2D eigenvalue weighted by Crippen LogP contribution is -2.41. The average molecular weight is 454 g/mol. The number of nitrogens with zero attached hydrogens (tertiary/aromatic N) is 1. The second kappa shape index (κ2) is 11.3. The number of aryl methyl sites for hydroxylation is 1. The third-order valence-corrected chi connectivity index (χ3v) is 5.07. The minimum absolute atomic E-state index is 0.00115. The van der Waals surface area contributed by atoms with Crippen LogP contribution in [0.3, 0.4) is 0 Å². The van der Waals surface area contributed by atoms with Gasteiger partial charge < -0.3 is 24.7 Å². The number of carbonyl (C=O) groups excluding carboxylic acids is 1. The number of aliphatic hydroxyl groups excluding tert-OH is 2. The highest BCUT2D eigenvalue weighted by atomic mass is 16.6. The van der Waals surface area contributed by atoms with Crippen molar-refractivity contribution in [1.82, 2.24) is 5.32 Å². The molecular formula is C24H26N2O7. The minimum atomic E-state index is -1.27. The van der Waals surface area contributed by atoms with Gasteiger partial charge in [-0.05, 0) is 53.9 Å². The molecule has 9 nitrogen and oxygen atoms in total. The van der Waals surface area contributed by atoms with Gasteiger partial charge in [0.25, 0.3) is 11.6 Å². The summed E-state index contributed by atoms with van der Waals surface area (Å²) in [7, 11) is 0. The van der Waals surface area contributed by atoms with Crippen LogP contribution >= 0.6 is 0 Å². The van der Waals surface area contributed by atoms with Crippen LogP contribution in [0.15, 0.2) is 65.1 Å². The quantitative estimate of drug-likeness (QED) is 0.298. The molecule has 1 amide bonds. The van der Waals surface area contributed by atoms with Crippen molar-refractivity contribution in [1.29, 1.82) is 0 Å². The van der Waals surface area contributed by atoms with E-state index in [1.165, 1.54) is 35.9 Å². The zero-order valence-corrected chi connectivity index (χ0v) is 18.1. The number of hydrogen-bond donors (Lipinski definition) is 3. The van der Waals surface area contributed by atoms with Gasteiger partial charge in [-0.1, -0.05) is 25.5 Å². The molecule has 3 rings (SSSR count). The molecule has 33 heavy (non-hydrogen) atoms. The molecule has 0 aliphatic carbocycles. The number of non-ortho nitro benzene ring substituents is 1. The van der Waals surface area contributed by atoms with Crippen molar-refractivity contribution in [3.05, 3.63) is 93.4 Å². The molecule has 2 unspecified atom stereocenters. The number of rotatable bonds is 11. The molecule has 0 saturated carbocycles. The maximum Gasteiger partial charge on any atom is 0.287 e. The van der Waals surface area contributed by atoms with E-state index < -0.39 is 29.6 Å². The molecule has 3 aromatic rings. The predicted molar refractivity (Wildman–Crippen MR) is 120 cm³/mol.